The molecule has 16 heavy (non-hydrogen) atoms. The highest BCUT2D eigenvalue weighted by molar-refractivity contribution is 9.10. The molecule has 0 aliphatic rings. The van der Waals surface area contributed by atoms with Crippen molar-refractivity contribution < 1.29 is 0 Å². The minimum absolute atomic E-state index is 0.915. The summed E-state index contributed by atoms with van der Waals surface area (Å²) >= 11 is 5.14. The predicted molar refractivity (Wildman–Crippen MR) is 68.7 cm³/mol. The highest BCUT2D eigenvalue weighted by Gasteiger charge is 2.14. The highest BCUT2D eigenvalue weighted by Crippen LogP contribution is 2.30. The first-order valence-electron chi connectivity index (χ1n) is 4.83. The Morgan fingerprint density at radius 2 is 2.00 bits per heavy atom. The summed E-state index contributed by atoms with van der Waals surface area (Å²) in [7, 11) is 0. The number of aryl methyl sites for hydroxylation is 1. The van der Waals surface area contributed by atoms with E-state index in [0.29, 0.717) is 0 Å². The van der Waals surface area contributed by atoms with Crippen molar-refractivity contribution in [3.05, 3.63) is 39.9 Å². The van der Waals surface area contributed by atoms with Crippen molar-refractivity contribution in [1.29, 1.82) is 0 Å². The maximum atomic E-state index is 4.58. The van der Waals surface area contributed by atoms with Crippen LogP contribution in [-0.2, 0) is 0 Å². The van der Waals surface area contributed by atoms with Crippen LogP contribution in [0.3, 0.4) is 0 Å². The smallest absolute Gasteiger partial charge is 0.213 e. The van der Waals surface area contributed by atoms with Crippen molar-refractivity contribution in [3.8, 4) is 11.3 Å². The molecule has 0 N–H and O–H groups in total. The minimum atomic E-state index is 0.915. The van der Waals surface area contributed by atoms with Gasteiger partial charge in [-0.1, -0.05) is 41.7 Å². The van der Waals surface area contributed by atoms with Gasteiger partial charge in [0.25, 0.3) is 0 Å². The average molecular weight is 294 g/mol. The van der Waals surface area contributed by atoms with Gasteiger partial charge in [-0.25, -0.2) is 4.98 Å². The van der Waals surface area contributed by atoms with Crippen molar-refractivity contribution in [2.45, 2.75) is 6.92 Å². The fourth-order valence-corrected chi connectivity index (χ4v) is 3.02. The molecule has 3 aromatic rings. The summed E-state index contributed by atoms with van der Waals surface area (Å²) in [5, 5.41) is 5.40. The lowest BCUT2D eigenvalue weighted by molar-refractivity contribution is 0.926. The molecule has 0 amide bonds. The molecule has 80 valence electrons. The summed E-state index contributed by atoms with van der Waals surface area (Å²) in [4.78, 5) is 5.50. The molecule has 2 heterocycles. The van der Waals surface area contributed by atoms with Crippen LogP contribution in [0.15, 0.2) is 34.9 Å². The van der Waals surface area contributed by atoms with Crippen LogP contribution in [0.5, 0.6) is 0 Å². The van der Waals surface area contributed by atoms with Crippen LogP contribution in [0.25, 0.3) is 16.2 Å². The standard InChI is InChI=1S/C11H8BrN3S/c1-7-14-15-10(12)9(13-11(15)16-7)8-5-3-2-4-6-8/h2-6H,1H3. The number of imidazole rings is 1. The largest absolute Gasteiger partial charge is 0.216 e. The monoisotopic (exact) mass is 293 g/mol. The fourth-order valence-electron chi connectivity index (χ4n) is 1.60. The number of aromatic nitrogens is 3. The maximum Gasteiger partial charge on any atom is 0.213 e. The third-order valence-electron chi connectivity index (χ3n) is 2.30. The molecule has 0 aliphatic heterocycles. The Labute approximate surface area is 105 Å². The van der Waals surface area contributed by atoms with E-state index in [1.54, 1.807) is 11.3 Å². The van der Waals surface area contributed by atoms with Gasteiger partial charge in [-0.2, -0.15) is 9.61 Å². The molecule has 5 heteroatoms. The molecule has 0 saturated carbocycles. The number of fused-ring (bicyclic) bond motifs is 1. The van der Waals surface area contributed by atoms with Gasteiger partial charge < -0.3 is 0 Å². The molecular formula is C11H8BrN3S. The van der Waals surface area contributed by atoms with Crippen molar-refractivity contribution in [3.63, 3.8) is 0 Å². The molecule has 0 spiro atoms. The first kappa shape index (κ1) is 9.99. The zero-order valence-electron chi connectivity index (χ0n) is 8.51. The second-order valence-electron chi connectivity index (χ2n) is 3.43. The quantitative estimate of drug-likeness (QED) is 0.687. The zero-order valence-corrected chi connectivity index (χ0v) is 10.9. The second-order valence-corrected chi connectivity index (χ2v) is 5.34. The number of nitrogens with zero attached hydrogens (tertiary/aromatic N) is 3. The SMILES string of the molecule is Cc1nn2c(Br)c(-c3ccccc3)nc2s1. The Balaban J connectivity index is 2.25. The van der Waals surface area contributed by atoms with Gasteiger partial charge in [0.2, 0.25) is 4.96 Å². The Morgan fingerprint density at radius 1 is 1.25 bits per heavy atom. The van der Waals surface area contributed by atoms with Crippen molar-refractivity contribution in [2.75, 3.05) is 0 Å². The summed E-state index contributed by atoms with van der Waals surface area (Å²) in [5.74, 6) is 0. The summed E-state index contributed by atoms with van der Waals surface area (Å²) in [6.45, 7) is 1.98. The van der Waals surface area contributed by atoms with E-state index < -0.39 is 0 Å². The van der Waals surface area contributed by atoms with Gasteiger partial charge in [0.1, 0.15) is 15.3 Å². The van der Waals surface area contributed by atoms with Gasteiger partial charge in [0, 0.05) is 5.56 Å². The maximum absolute atomic E-state index is 4.58. The Bertz CT molecular complexity index is 642. The lowest BCUT2D eigenvalue weighted by Crippen LogP contribution is -1.84. The van der Waals surface area contributed by atoms with E-state index >= 15 is 0 Å². The van der Waals surface area contributed by atoms with Crippen LogP contribution >= 0.6 is 27.3 Å². The average Bonchev–Trinajstić information content (AvgIpc) is 2.79. The molecule has 3 rings (SSSR count). The van der Waals surface area contributed by atoms with Crippen LogP contribution in [0.2, 0.25) is 0 Å². The number of hydrogen-bond acceptors (Lipinski definition) is 3. The molecule has 0 fully saturated rings. The first-order chi connectivity index (χ1) is 7.75. The Hall–Kier alpha value is -1.20. The van der Waals surface area contributed by atoms with Gasteiger partial charge in [-0.05, 0) is 22.9 Å². The Morgan fingerprint density at radius 3 is 2.69 bits per heavy atom. The van der Waals surface area contributed by atoms with Gasteiger partial charge >= 0.3 is 0 Å². The lowest BCUT2D eigenvalue weighted by atomic mass is 10.2. The normalized spacial score (nSPS) is 11.1. The van der Waals surface area contributed by atoms with E-state index in [9.17, 15) is 0 Å². The van der Waals surface area contributed by atoms with Gasteiger partial charge in [-0.15, -0.1) is 0 Å². The summed E-state index contributed by atoms with van der Waals surface area (Å²) < 4.78 is 2.75. The third-order valence-corrected chi connectivity index (χ3v) is 3.83. The zero-order chi connectivity index (χ0) is 11.1. The van der Waals surface area contributed by atoms with E-state index in [0.717, 1.165) is 25.8 Å². The molecule has 0 aliphatic carbocycles. The van der Waals surface area contributed by atoms with Crippen molar-refractivity contribution in [1.82, 2.24) is 14.6 Å². The third kappa shape index (κ3) is 1.47. The molecule has 1 aromatic carbocycles. The molecule has 3 nitrogen and oxygen atoms in total. The summed E-state index contributed by atoms with van der Waals surface area (Å²) in [6, 6.07) is 10.1. The van der Waals surface area contributed by atoms with Gasteiger partial charge in [0.15, 0.2) is 0 Å². The number of benzene rings is 1. The molecule has 0 bridgehead atoms. The lowest BCUT2D eigenvalue weighted by Gasteiger charge is -1.96. The molecular weight excluding hydrogens is 286 g/mol. The fraction of sp³-hybridized carbons (Fsp3) is 0.0909. The molecule has 2 aromatic heterocycles. The van der Waals surface area contributed by atoms with E-state index in [1.165, 1.54) is 0 Å². The molecule has 0 saturated heterocycles. The predicted octanol–water partition coefficient (Wildman–Crippen LogP) is 3.53. The summed E-state index contributed by atoms with van der Waals surface area (Å²) in [6.07, 6.45) is 0. The van der Waals surface area contributed by atoms with Crippen LogP contribution in [0.4, 0.5) is 0 Å². The van der Waals surface area contributed by atoms with E-state index in [2.05, 4.69) is 26.0 Å². The highest BCUT2D eigenvalue weighted by atomic mass is 79.9. The van der Waals surface area contributed by atoms with E-state index in [1.807, 2.05) is 41.8 Å². The van der Waals surface area contributed by atoms with E-state index in [4.69, 9.17) is 0 Å². The van der Waals surface area contributed by atoms with E-state index in [-0.39, 0.29) is 0 Å². The Kier molecular flexibility index (Phi) is 2.29. The van der Waals surface area contributed by atoms with Crippen LogP contribution < -0.4 is 0 Å². The number of hydrogen-bond donors (Lipinski definition) is 0. The molecule has 0 atom stereocenters. The van der Waals surface area contributed by atoms with Crippen LogP contribution in [-0.4, -0.2) is 14.6 Å². The van der Waals surface area contributed by atoms with Gasteiger partial charge in [0.05, 0.1) is 0 Å². The minimum Gasteiger partial charge on any atom is -0.216 e. The second kappa shape index (κ2) is 3.68. The molecule has 0 radical (unpaired) electrons. The van der Waals surface area contributed by atoms with Gasteiger partial charge in [-0.3, -0.25) is 0 Å². The molecule has 0 unspecified atom stereocenters. The van der Waals surface area contributed by atoms with Crippen LogP contribution in [0, 0.1) is 6.92 Å². The van der Waals surface area contributed by atoms with Crippen LogP contribution in [0.1, 0.15) is 5.01 Å². The number of halogens is 1. The van der Waals surface area contributed by atoms with Crippen molar-refractivity contribution in [2.24, 2.45) is 0 Å². The first-order valence-corrected chi connectivity index (χ1v) is 6.44. The number of rotatable bonds is 1. The topological polar surface area (TPSA) is 30.2 Å². The van der Waals surface area contributed by atoms with Crippen molar-refractivity contribution >= 4 is 32.2 Å². The summed E-state index contributed by atoms with van der Waals surface area (Å²) in [5.41, 5.74) is 2.05.